The molecule has 0 saturated heterocycles. The van der Waals surface area contributed by atoms with Crippen LogP contribution in [0.1, 0.15) is 18.4 Å². The highest BCUT2D eigenvalue weighted by Crippen LogP contribution is 2.34. The van der Waals surface area contributed by atoms with Crippen molar-refractivity contribution in [3.05, 3.63) is 58.3 Å². The van der Waals surface area contributed by atoms with Crippen LogP contribution in [-0.4, -0.2) is 6.04 Å². The second kappa shape index (κ2) is 6.29. The van der Waals surface area contributed by atoms with Gasteiger partial charge in [-0.15, -0.1) is 0 Å². The molecule has 104 valence electrons. The van der Waals surface area contributed by atoms with E-state index < -0.39 is 0 Å². The maximum atomic E-state index is 13.7. The zero-order valence-electron chi connectivity index (χ0n) is 10.9. The van der Waals surface area contributed by atoms with Crippen molar-refractivity contribution in [2.45, 2.75) is 35.2 Å². The van der Waals surface area contributed by atoms with Crippen LogP contribution in [0.25, 0.3) is 0 Å². The molecule has 0 heterocycles. The smallest absolute Gasteiger partial charge is 0.124 e. The summed E-state index contributed by atoms with van der Waals surface area (Å²) in [5, 5.41) is 3.42. The maximum absolute atomic E-state index is 13.7. The monoisotopic (exact) mass is 351 g/mol. The molecule has 1 aliphatic rings. The van der Waals surface area contributed by atoms with Gasteiger partial charge in [-0.05, 0) is 64.7 Å². The zero-order valence-corrected chi connectivity index (χ0v) is 13.3. The highest BCUT2D eigenvalue weighted by molar-refractivity contribution is 9.10. The highest BCUT2D eigenvalue weighted by Gasteiger charge is 2.20. The van der Waals surface area contributed by atoms with Crippen LogP contribution in [0, 0.1) is 5.82 Å². The van der Waals surface area contributed by atoms with Crippen molar-refractivity contribution in [2.75, 3.05) is 0 Å². The fraction of sp³-hybridized carbons (Fsp3) is 0.250. The zero-order chi connectivity index (χ0) is 13.9. The predicted molar refractivity (Wildman–Crippen MR) is 84.5 cm³/mol. The third kappa shape index (κ3) is 3.84. The Labute approximate surface area is 131 Å². The Morgan fingerprint density at radius 2 is 2.00 bits per heavy atom. The molecule has 1 saturated carbocycles. The minimum atomic E-state index is -0.172. The molecule has 1 fully saturated rings. The first-order chi connectivity index (χ1) is 9.70. The van der Waals surface area contributed by atoms with Gasteiger partial charge in [-0.3, -0.25) is 0 Å². The van der Waals surface area contributed by atoms with Crippen LogP contribution in [0.3, 0.4) is 0 Å². The molecule has 0 amide bonds. The Bertz CT molecular complexity index is 613. The van der Waals surface area contributed by atoms with E-state index in [9.17, 15) is 4.39 Å². The van der Waals surface area contributed by atoms with Gasteiger partial charge in [0.25, 0.3) is 0 Å². The van der Waals surface area contributed by atoms with Crippen molar-refractivity contribution < 1.29 is 4.39 Å². The molecule has 0 spiro atoms. The van der Waals surface area contributed by atoms with Crippen LogP contribution < -0.4 is 5.32 Å². The van der Waals surface area contributed by atoms with E-state index in [1.54, 1.807) is 23.9 Å². The summed E-state index contributed by atoms with van der Waals surface area (Å²) in [7, 11) is 0. The number of hydrogen-bond acceptors (Lipinski definition) is 2. The van der Waals surface area contributed by atoms with E-state index in [0.29, 0.717) is 6.04 Å². The van der Waals surface area contributed by atoms with E-state index in [4.69, 9.17) is 0 Å². The first kappa shape index (κ1) is 14.1. The van der Waals surface area contributed by atoms with Crippen molar-refractivity contribution in [1.29, 1.82) is 0 Å². The molecule has 1 N–H and O–H groups in total. The Morgan fingerprint density at radius 1 is 1.20 bits per heavy atom. The Morgan fingerprint density at radius 3 is 2.75 bits per heavy atom. The van der Waals surface area contributed by atoms with E-state index in [1.165, 1.54) is 12.8 Å². The summed E-state index contributed by atoms with van der Waals surface area (Å²) in [6, 6.07) is 13.9. The van der Waals surface area contributed by atoms with Crippen LogP contribution in [0.5, 0.6) is 0 Å². The molecule has 3 rings (SSSR count). The highest BCUT2D eigenvalue weighted by atomic mass is 79.9. The standard InChI is InChI=1S/C16H15BrFNS/c17-15-3-1-2-4-16(15)20-14-8-11(7-12(18)9-14)10-19-13-5-6-13/h1-4,7-9,13,19H,5-6,10H2. The number of halogens is 2. The average Bonchev–Trinajstić information content (AvgIpc) is 3.23. The molecule has 1 aliphatic carbocycles. The Hall–Kier alpha value is -0.840. The molecule has 20 heavy (non-hydrogen) atoms. The summed E-state index contributed by atoms with van der Waals surface area (Å²) in [4.78, 5) is 2.03. The molecular formula is C16H15BrFNS. The molecule has 4 heteroatoms. The van der Waals surface area contributed by atoms with Gasteiger partial charge in [-0.2, -0.15) is 0 Å². The second-order valence-corrected chi connectivity index (χ2v) is 6.95. The van der Waals surface area contributed by atoms with Crippen LogP contribution >= 0.6 is 27.7 Å². The van der Waals surface area contributed by atoms with Crippen molar-refractivity contribution >= 4 is 27.7 Å². The van der Waals surface area contributed by atoms with Crippen LogP contribution in [0.2, 0.25) is 0 Å². The van der Waals surface area contributed by atoms with Crippen LogP contribution in [0.15, 0.2) is 56.7 Å². The largest absolute Gasteiger partial charge is 0.310 e. The minimum Gasteiger partial charge on any atom is -0.310 e. The van der Waals surface area contributed by atoms with Gasteiger partial charge >= 0.3 is 0 Å². The lowest BCUT2D eigenvalue weighted by Gasteiger charge is -2.08. The van der Waals surface area contributed by atoms with Crippen molar-refractivity contribution in [2.24, 2.45) is 0 Å². The fourth-order valence-electron chi connectivity index (χ4n) is 1.99. The van der Waals surface area contributed by atoms with Gasteiger partial charge < -0.3 is 5.32 Å². The SMILES string of the molecule is Fc1cc(CNC2CC2)cc(Sc2ccccc2Br)c1. The molecule has 2 aromatic rings. The van der Waals surface area contributed by atoms with Gasteiger partial charge in [0.2, 0.25) is 0 Å². The van der Waals surface area contributed by atoms with Crippen LogP contribution in [0.4, 0.5) is 4.39 Å². The van der Waals surface area contributed by atoms with E-state index in [2.05, 4.69) is 27.3 Å². The first-order valence-corrected chi connectivity index (χ1v) is 8.27. The lowest BCUT2D eigenvalue weighted by molar-refractivity contribution is 0.615. The molecular weight excluding hydrogens is 337 g/mol. The van der Waals surface area contributed by atoms with Crippen molar-refractivity contribution in [3.63, 3.8) is 0 Å². The van der Waals surface area contributed by atoms with Gasteiger partial charge in [0.15, 0.2) is 0 Å². The molecule has 2 aromatic carbocycles. The van der Waals surface area contributed by atoms with Gasteiger partial charge in [-0.25, -0.2) is 4.39 Å². The predicted octanol–water partition coefficient (Wildman–Crippen LogP) is 4.99. The summed E-state index contributed by atoms with van der Waals surface area (Å²) < 4.78 is 14.8. The van der Waals surface area contributed by atoms with Gasteiger partial charge in [0.1, 0.15) is 5.82 Å². The number of nitrogens with one attached hydrogen (secondary N) is 1. The van der Waals surface area contributed by atoms with E-state index >= 15 is 0 Å². The topological polar surface area (TPSA) is 12.0 Å². The van der Waals surface area contributed by atoms with Gasteiger partial charge in [0.05, 0.1) is 0 Å². The van der Waals surface area contributed by atoms with Gasteiger partial charge in [-0.1, -0.05) is 23.9 Å². The van der Waals surface area contributed by atoms with Crippen molar-refractivity contribution in [1.82, 2.24) is 5.32 Å². The summed E-state index contributed by atoms with van der Waals surface area (Å²) in [6.07, 6.45) is 2.49. The van der Waals surface area contributed by atoms with Gasteiger partial charge in [0, 0.05) is 26.9 Å². The molecule has 0 bridgehead atoms. The molecule has 0 atom stereocenters. The summed E-state index contributed by atoms with van der Waals surface area (Å²) >= 11 is 5.10. The first-order valence-electron chi connectivity index (χ1n) is 6.66. The van der Waals surface area contributed by atoms with Crippen molar-refractivity contribution in [3.8, 4) is 0 Å². The molecule has 0 aromatic heterocycles. The second-order valence-electron chi connectivity index (χ2n) is 4.98. The minimum absolute atomic E-state index is 0.172. The van der Waals surface area contributed by atoms with E-state index in [-0.39, 0.29) is 5.82 Å². The molecule has 0 unspecified atom stereocenters. The Balaban J connectivity index is 1.76. The number of hydrogen-bond donors (Lipinski definition) is 1. The third-order valence-electron chi connectivity index (χ3n) is 3.17. The summed E-state index contributed by atoms with van der Waals surface area (Å²) in [5.41, 5.74) is 1.01. The molecule has 0 aliphatic heterocycles. The van der Waals surface area contributed by atoms with E-state index in [0.717, 1.165) is 26.4 Å². The maximum Gasteiger partial charge on any atom is 0.124 e. The third-order valence-corrected chi connectivity index (χ3v) is 5.17. The Kier molecular flexibility index (Phi) is 4.44. The quantitative estimate of drug-likeness (QED) is 0.814. The number of benzene rings is 2. The summed E-state index contributed by atoms with van der Waals surface area (Å²) in [5.74, 6) is -0.172. The molecule has 1 nitrogen and oxygen atoms in total. The number of rotatable bonds is 5. The average molecular weight is 352 g/mol. The fourth-order valence-corrected chi connectivity index (χ4v) is 3.46. The molecule has 0 radical (unpaired) electrons. The van der Waals surface area contributed by atoms with Crippen LogP contribution in [-0.2, 0) is 6.54 Å². The summed E-state index contributed by atoms with van der Waals surface area (Å²) in [6.45, 7) is 0.742. The lowest BCUT2D eigenvalue weighted by atomic mass is 10.2. The lowest BCUT2D eigenvalue weighted by Crippen LogP contribution is -2.15. The van der Waals surface area contributed by atoms with E-state index in [1.807, 2.05) is 24.3 Å². The normalized spacial score (nSPS) is 14.5.